The minimum Gasteiger partial charge on any atom is -0.508 e. The molecule has 0 bridgehead atoms. The van der Waals surface area contributed by atoms with Gasteiger partial charge in [-0.15, -0.1) is 23.5 Å². The zero-order chi connectivity index (χ0) is 38.3. The van der Waals surface area contributed by atoms with Gasteiger partial charge in [-0.3, -0.25) is 34.6 Å². The summed E-state index contributed by atoms with van der Waals surface area (Å²) in [7, 11) is 0. The summed E-state index contributed by atoms with van der Waals surface area (Å²) in [5.74, 6) is -5.01. The first-order valence-corrected chi connectivity index (χ1v) is 17.5. The Hall–Kier alpha value is -5.08. The number of nitro groups is 1. The average molecular weight is 761 g/mol. The van der Waals surface area contributed by atoms with Crippen LogP contribution >= 0.6 is 23.5 Å². The van der Waals surface area contributed by atoms with E-state index in [4.69, 9.17) is 4.74 Å². The topological polar surface area (TPSA) is 267 Å². The average Bonchev–Trinajstić information content (AvgIpc) is 3.54. The molecule has 0 radical (unpaired) electrons. The predicted molar refractivity (Wildman–Crippen MR) is 185 cm³/mol. The normalized spacial score (nSPS) is 25.1. The van der Waals surface area contributed by atoms with Crippen molar-refractivity contribution in [3.05, 3.63) is 69.8 Å². The van der Waals surface area contributed by atoms with Gasteiger partial charge in [0.25, 0.3) is 5.69 Å². The molecule has 52 heavy (non-hydrogen) atoms. The zero-order valence-electron chi connectivity index (χ0n) is 28.1. The molecule has 7 atom stereocenters. The van der Waals surface area contributed by atoms with E-state index in [0.29, 0.717) is 5.56 Å². The molecule has 4 amide bonds. The van der Waals surface area contributed by atoms with E-state index in [1.165, 1.54) is 65.2 Å². The number of nitro benzene ring substituents is 1. The summed E-state index contributed by atoms with van der Waals surface area (Å²) in [6.45, 7) is 6.30. The number of aliphatic carboxylic acids is 2. The number of carbonyl (C=O) groups is 6. The molecule has 0 spiro atoms. The lowest BCUT2D eigenvalue weighted by atomic mass is 9.96. The van der Waals surface area contributed by atoms with Gasteiger partial charge >= 0.3 is 18.0 Å². The van der Waals surface area contributed by atoms with E-state index in [0.717, 1.165) is 11.8 Å². The Balaban J connectivity index is 1.37. The van der Waals surface area contributed by atoms with Crippen molar-refractivity contribution in [1.29, 1.82) is 0 Å². The Bertz CT molecular complexity index is 1790. The summed E-state index contributed by atoms with van der Waals surface area (Å²) in [5, 5.41) is 49.2. The first-order valence-electron chi connectivity index (χ1n) is 15.8. The second kappa shape index (κ2) is 14.5. The van der Waals surface area contributed by atoms with Crippen molar-refractivity contribution in [2.75, 3.05) is 0 Å². The zero-order valence-corrected chi connectivity index (χ0v) is 29.7. The van der Waals surface area contributed by atoms with Gasteiger partial charge in [-0.2, -0.15) is 0 Å². The number of phenolic OH excluding ortho intramolecular Hbond substituents is 1. The molecule has 0 saturated carbocycles. The van der Waals surface area contributed by atoms with Crippen LogP contribution < -0.4 is 21.3 Å². The van der Waals surface area contributed by atoms with Crippen molar-refractivity contribution in [3.63, 3.8) is 0 Å². The van der Waals surface area contributed by atoms with Crippen LogP contribution in [0.15, 0.2) is 48.5 Å². The first-order chi connectivity index (χ1) is 24.3. The van der Waals surface area contributed by atoms with Crippen LogP contribution in [0.5, 0.6) is 5.75 Å². The van der Waals surface area contributed by atoms with Gasteiger partial charge in [-0.1, -0.05) is 12.1 Å². The molecule has 0 aromatic heterocycles. The molecule has 3 heterocycles. The van der Waals surface area contributed by atoms with Gasteiger partial charge in [0.2, 0.25) is 17.7 Å². The van der Waals surface area contributed by atoms with Crippen molar-refractivity contribution in [2.45, 2.75) is 84.8 Å². The van der Waals surface area contributed by atoms with Crippen LogP contribution in [-0.2, 0) is 35.3 Å². The van der Waals surface area contributed by atoms with Crippen LogP contribution in [0, 0.1) is 10.1 Å². The molecule has 1 unspecified atom stereocenters. The number of aromatic hydroxyl groups is 1. The molecule has 3 fully saturated rings. The van der Waals surface area contributed by atoms with E-state index >= 15 is 0 Å². The van der Waals surface area contributed by atoms with Crippen molar-refractivity contribution in [3.8, 4) is 5.75 Å². The largest absolute Gasteiger partial charge is 0.508 e. The second-order valence-corrected chi connectivity index (χ2v) is 16.9. The molecule has 3 aliphatic heterocycles. The molecule has 278 valence electrons. The van der Waals surface area contributed by atoms with Crippen molar-refractivity contribution >= 4 is 65.0 Å². The van der Waals surface area contributed by atoms with Crippen molar-refractivity contribution < 1.29 is 53.7 Å². The number of nitrogens with one attached hydrogen (secondary N) is 4. The SMILES string of the molecule is CC1(C)S[C@@H]2[C@H](NC(=O)[C@@H](NC(=O)C(NC(=O)OCc3ccc([N+](=O)[O-])cc3)c3ccc(O)cc3)[C@@H]3N[C@@H](C(=O)O)C(C)(C)S3)C(=O)N2[C@H]1C(=O)O. The number of rotatable bonds is 12. The molecule has 20 heteroatoms. The summed E-state index contributed by atoms with van der Waals surface area (Å²) in [6, 6.07) is 3.94. The fraction of sp³-hybridized carbons (Fsp3) is 0.438. The van der Waals surface area contributed by atoms with E-state index in [1.807, 2.05) is 0 Å². The van der Waals surface area contributed by atoms with Gasteiger partial charge < -0.3 is 40.9 Å². The Morgan fingerprint density at radius 3 is 2.13 bits per heavy atom. The summed E-state index contributed by atoms with van der Waals surface area (Å²) >= 11 is 2.26. The molecule has 3 aliphatic rings. The van der Waals surface area contributed by atoms with Crippen LogP contribution in [0.2, 0.25) is 0 Å². The van der Waals surface area contributed by atoms with Crippen LogP contribution in [0.1, 0.15) is 44.9 Å². The van der Waals surface area contributed by atoms with Crippen molar-refractivity contribution in [2.24, 2.45) is 0 Å². The molecule has 2 aromatic carbocycles. The number of ether oxygens (including phenoxy) is 1. The minimum atomic E-state index is -1.53. The minimum absolute atomic E-state index is 0.147. The lowest BCUT2D eigenvalue weighted by Crippen LogP contribution is -2.72. The van der Waals surface area contributed by atoms with E-state index in [-0.39, 0.29) is 23.6 Å². The van der Waals surface area contributed by atoms with Gasteiger partial charge in [-0.25, -0.2) is 9.59 Å². The lowest BCUT2D eigenvalue weighted by molar-refractivity contribution is -0.384. The van der Waals surface area contributed by atoms with E-state index < -0.39 is 91.1 Å². The van der Waals surface area contributed by atoms with Gasteiger partial charge in [-0.05, 0) is 63.1 Å². The molecule has 0 aliphatic carbocycles. The van der Waals surface area contributed by atoms with Crippen LogP contribution in [0.3, 0.4) is 0 Å². The highest BCUT2D eigenvalue weighted by atomic mass is 32.2. The Morgan fingerprint density at radius 2 is 1.58 bits per heavy atom. The Labute approximate surface area is 304 Å². The lowest BCUT2D eigenvalue weighted by Gasteiger charge is -2.44. The van der Waals surface area contributed by atoms with Crippen molar-refractivity contribution in [1.82, 2.24) is 26.2 Å². The standard InChI is InChI=1S/C32H36N6O12S2/c1-31(2)21(28(43)44)36-25(51-31)19(24(41)34-20-26(42)37-22(29(45)46)32(3,4)52-27(20)37)33-23(40)18(15-7-11-17(39)12-8-15)35-30(47)50-13-14-5-9-16(10-6-14)38(48)49/h5-12,18-22,25,27,36,39H,13H2,1-4H3,(H,33,40)(H,34,41)(H,35,47)(H,43,44)(H,45,46)/t18?,19-,20-,21+,22+,25-,27-/m1/s1. The van der Waals surface area contributed by atoms with Gasteiger partial charge in [0.1, 0.15) is 47.9 Å². The van der Waals surface area contributed by atoms with Gasteiger partial charge in [0.15, 0.2) is 0 Å². The third-order valence-corrected chi connectivity index (χ3v) is 11.9. The highest BCUT2D eigenvalue weighted by Gasteiger charge is 2.64. The molecule has 3 saturated heterocycles. The number of carboxylic acids is 2. The smallest absolute Gasteiger partial charge is 0.408 e. The maximum Gasteiger partial charge on any atom is 0.408 e. The number of fused-ring (bicyclic) bond motifs is 1. The third kappa shape index (κ3) is 7.72. The van der Waals surface area contributed by atoms with Crippen LogP contribution in [-0.4, -0.2) is 105 Å². The number of thioether (sulfide) groups is 2. The number of hydrogen-bond acceptors (Lipinski definition) is 13. The summed E-state index contributed by atoms with van der Waals surface area (Å²) in [5.41, 5.74) is 0.399. The van der Waals surface area contributed by atoms with Gasteiger partial charge in [0.05, 0.1) is 10.3 Å². The third-order valence-electron chi connectivity index (χ3n) is 8.83. The fourth-order valence-electron chi connectivity index (χ4n) is 6.22. The number of nitrogens with zero attached hydrogens (tertiary/aromatic N) is 2. The predicted octanol–water partition coefficient (Wildman–Crippen LogP) is 1.28. The number of alkyl carbamates (subject to hydrolysis) is 1. The molecular formula is C32H36N6O12S2. The summed E-state index contributed by atoms with van der Waals surface area (Å²) in [4.78, 5) is 89.8. The highest BCUT2D eigenvalue weighted by molar-refractivity contribution is 8.02. The molecule has 2 aromatic rings. The fourth-order valence-corrected chi connectivity index (χ4v) is 9.34. The quantitative estimate of drug-likeness (QED) is 0.0913. The van der Waals surface area contributed by atoms with E-state index in [9.17, 15) is 54.2 Å². The van der Waals surface area contributed by atoms with Gasteiger partial charge in [0, 0.05) is 21.6 Å². The molecule has 5 rings (SSSR count). The monoisotopic (exact) mass is 760 g/mol. The summed E-state index contributed by atoms with van der Waals surface area (Å²) in [6.07, 6.45) is -1.08. The van der Waals surface area contributed by atoms with E-state index in [2.05, 4.69) is 21.3 Å². The number of benzene rings is 2. The first kappa shape index (κ1) is 38.2. The Kier molecular flexibility index (Phi) is 10.6. The number of amides is 4. The van der Waals surface area contributed by atoms with Crippen LogP contribution in [0.4, 0.5) is 10.5 Å². The maximum absolute atomic E-state index is 14.0. The number of non-ortho nitro benzene ring substituents is 1. The summed E-state index contributed by atoms with van der Waals surface area (Å²) < 4.78 is 3.40. The molecular weight excluding hydrogens is 725 g/mol. The number of hydrogen-bond donors (Lipinski definition) is 7. The number of β-lactam (4-membered cyclic amide) rings is 1. The van der Waals surface area contributed by atoms with Crippen LogP contribution in [0.25, 0.3) is 0 Å². The number of carbonyl (C=O) groups excluding carboxylic acids is 4. The second-order valence-electron chi connectivity index (χ2n) is 13.3. The number of carboxylic acid groups (broad SMARTS) is 2. The highest BCUT2D eigenvalue weighted by Crippen LogP contribution is 2.51. The maximum atomic E-state index is 14.0. The Morgan fingerprint density at radius 1 is 0.942 bits per heavy atom. The van der Waals surface area contributed by atoms with E-state index in [1.54, 1.807) is 27.7 Å². The molecule has 7 N–H and O–H groups in total. The number of phenols is 1. The molecule has 18 nitrogen and oxygen atoms in total.